The zero-order valence-corrected chi connectivity index (χ0v) is 14.5. The highest BCUT2D eigenvalue weighted by Gasteiger charge is 2.14. The first-order valence-corrected chi connectivity index (χ1v) is 7.96. The molecule has 22 heavy (non-hydrogen) atoms. The van der Waals surface area contributed by atoms with Crippen LogP contribution in [0.3, 0.4) is 0 Å². The number of rotatable bonds is 8. The molecule has 0 aliphatic carbocycles. The van der Waals surface area contributed by atoms with Crippen LogP contribution >= 0.6 is 0 Å². The average molecular weight is 311 g/mol. The van der Waals surface area contributed by atoms with Gasteiger partial charge in [0.25, 0.3) is 0 Å². The first-order valence-electron chi connectivity index (χ1n) is 7.96. The number of nitrogens with zero attached hydrogens (tertiary/aromatic N) is 3. The Morgan fingerprint density at radius 3 is 2.59 bits per heavy atom. The Hall–Kier alpha value is -1.63. The van der Waals surface area contributed by atoms with E-state index in [1.807, 2.05) is 20.8 Å². The molecule has 0 bridgehead atoms. The van der Waals surface area contributed by atoms with E-state index in [2.05, 4.69) is 46.5 Å². The molecule has 1 rings (SSSR count). The van der Waals surface area contributed by atoms with Gasteiger partial charge in [0, 0.05) is 19.2 Å². The van der Waals surface area contributed by atoms with Gasteiger partial charge >= 0.3 is 0 Å². The lowest BCUT2D eigenvalue weighted by Gasteiger charge is -2.20. The maximum atomic E-state index is 5.44. The van der Waals surface area contributed by atoms with Crippen LogP contribution in [0.2, 0.25) is 0 Å². The summed E-state index contributed by atoms with van der Waals surface area (Å²) in [6.07, 6.45) is -0.168. The van der Waals surface area contributed by atoms with Crippen LogP contribution in [0.15, 0.2) is 9.52 Å². The standard InChI is InChI=1S/C15H29N5O2/c1-7-16-15(18-11(5)10(3)4)17-9-13-19-14(20-22-13)12(6)21-8-2/h10-12H,7-9H2,1-6H3,(H2,16,17,18). The lowest BCUT2D eigenvalue weighted by Crippen LogP contribution is -2.44. The van der Waals surface area contributed by atoms with Crippen molar-refractivity contribution in [3.05, 3.63) is 11.7 Å². The quantitative estimate of drug-likeness (QED) is 0.566. The van der Waals surface area contributed by atoms with Crippen LogP contribution in [0.1, 0.15) is 59.4 Å². The predicted octanol–water partition coefficient (Wildman–Crippen LogP) is 2.27. The van der Waals surface area contributed by atoms with Gasteiger partial charge in [-0.3, -0.25) is 0 Å². The van der Waals surface area contributed by atoms with Gasteiger partial charge in [0.1, 0.15) is 12.6 Å². The molecule has 7 heteroatoms. The fraction of sp³-hybridized carbons (Fsp3) is 0.800. The van der Waals surface area contributed by atoms with E-state index in [0.717, 1.165) is 12.5 Å². The highest BCUT2D eigenvalue weighted by molar-refractivity contribution is 5.79. The highest BCUT2D eigenvalue weighted by Crippen LogP contribution is 2.12. The Kier molecular flexibility index (Phi) is 7.87. The molecule has 1 heterocycles. The summed E-state index contributed by atoms with van der Waals surface area (Å²) < 4.78 is 10.6. The predicted molar refractivity (Wildman–Crippen MR) is 86.6 cm³/mol. The molecule has 0 fully saturated rings. The van der Waals surface area contributed by atoms with Crippen molar-refractivity contribution in [3.8, 4) is 0 Å². The van der Waals surface area contributed by atoms with Crippen molar-refractivity contribution in [1.82, 2.24) is 20.8 Å². The van der Waals surface area contributed by atoms with Crippen LogP contribution in [-0.2, 0) is 11.3 Å². The molecule has 0 aliphatic rings. The molecular weight excluding hydrogens is 282 g/mol. The average Bonchev–Trinajstić information content (AvgIpc) is 2.94. The molecule has 0 aliphatic heterocycles. The van der Waals surface area contributed by atoms with Crippen LogP contribution in [0, 0.1) is 5.92 Å². The van der Waals surface area contributed by atoms with E-state index < -0.39 is 0 Å². The van der Waals surface area contributed by atoms with Crippen molar-refractivity contribution >= 4 is 5.96 Å². The largest absolute Gasteiger partial charge is 0.371 e. The lowest BCUT2D eigenvalue weighted by atomic mass is 10.1. The Morgan fingerprint density at radius 1 is 1.27 bits per heavy atom. The van der Waals surface area contributed by atoms with Gasteiger partial charge < -0.3 is 19.9 Å². The third-order valence-electron chi connectivity index (χ3n) is 3.35. The van der Waals surface area contributed by atoms with E-state index >= 15 is 0 Å². The van der Waals surface area contributed by atoms with E-state index in [1.54, 1.807) is 0 Å². The van der Waals surface area contributed by atoms with Gasteiger partial charge in [-0.05, 0) is 33.6 Å². The van der Waals surface area contributed by atoms with Crippen LogP contribution < -0.4 is 10.6 Å². The van der Waals surface area contributed by atoms with Crippen molar-refractivity contribution in [2.24, 2.45) is 10.9 Å². The van der Waals surface area contributed by atoms with Crippen molar-refractivity contribution in [2.45, 2.75) is 60.2 Å². The maximum absolute atomic E-state index is 5.44. The van der Waals surface area contributed by atoms with E-state index in [4.69, 9.17) is 9.26 Å². The number of ether oxygens (including phenoxy) is 1. The summed E-state index contributed by atoms with van der Waals surface area (Å²) in [5.41, 5.74) is 0. The third kappa shape index (κ3) is 6.01. The summed E-state index contributed by atoms with van der Waals surface area (Å²) in [5, 5.41) is 10.5. The minimum atomic E-state index is -0.168. The van der Waals surface area contributed by atoms with Crippen LogP contribution in [0.25, 0.3) is 0 Å². The SMILES string of the molecule is CCNC(=NCc1nc(C(C)OCC)no1)NC(C)C(C)C. The topological polar surface area (TPSA) is 84.6 Å². The van der Waals surface area contributed by atoms with E-state index in [1.165, 1.54) is 0 Å². The Labute approximate surface area is 132 Å². The van der Waals surface area contributed by atoms with Gasteiger partial charge in [-0.1, -0.05) is 19.0 Å². The molecule has 2 atom stereocenters. The first kappa shape index (κ1) is 18.4. The van der Waals surface area contributed by atoms with Crippen molar-refractivity contribution in [1.29, 1.82) is 0 Å². The molecule has 2 N–H and O–H groups in total. The summed E-state index contributed by atoms with van der Waals surface area (Å²) in [7, 11) is 0. The van der Waals surface area contributed by atoms with Crippen LogP contribution in [0.4, 0.5) is 0 Å². The van der Waals surface area contributed by atoms with Gasteiger partial charge in [0.15, 0.2) is 11.8 Å². The second kappa shape index (κ2) is 9.40. The number of nitrogens with one attached hydrogen (secondary N) is 2. The van der Waals surface area contributed by atoms with E-state index in [-0.39, 0.29) is 6.10 Å². The second-order valence-electron chi connectivity index (χ2n) is 5.52. The smallest absolute Gasteiger partial charge is 0.248 e. The zero-order valence-electron chi connectivity index (χ0n) is 14.5. The molecule has 1 aromatic heterocycles. The number of hydrogen-bond acceptors (Lipinski definition) is 5. The molecule has 0 spiro atoms. The van der Waals surface area contributed by atoms with Crippen LogP contribution in [0.5, 0.6) is 0 Å². The summed E-state index contributed by atoms with van der Waals surface area (Å²) >= 11 is 0. The number of guanidine groups is 1. The molecule has 0 radical (unpaired) electrons. The first-order chi connectivity index (χ1) is 10.5. The van der Waals surface area contributed by atoms with Gasteiger partial charge in [0.05, 0.1) is 0 Å². The minimum absolute atomic E-state index is 0.168. The van der Waals surface area contributed by atoms with Crippen molar-refractivity contribution < 1.29 is 9.26 Å². The zero-order chi connectivity index (χ0) is 16.5. The third-order valence-corrected chi connectivity index (χ3v) is 3.35. The maximum Gasteiger partial charge on any atom is 0.248 e. The highest BCUT2D eigenvalue weighted by atomic mass is 16.5. The Morgan fingerprint density at radius 2 is 2.00 bits per heavy atom. The normalized spacial score (nSPS) is 15.0. The van der Waals surface area contributed by atoms with Gasteiger partial charge in [-0.2, -0.15) is 4.98 Å². The summed E-state index contributed by atoms with van der Waals surface area (Å²) in [5.74, 6) is 2.31. The van der Waals surface area contributed by atoms with Crippen molar-refractivity contribution in [2.75, 3.05) is 13.2 Å². The van der Waals surface area contributed by atoms with Gasteiger partial charge in [-0.15, -0.1) is 0 Å². The molecule has 0 saturated carbocycles. The molecule has 2 unspecified atom stereocenters. The van der Waals surface area contributed by atoms with Gasteiger partial charge in [0.2, 0.25) is 5.89 Å². The number of hydrogen-bond donors (Lipinski definition) is 2. The monoisotopic (exact) mass is 311 g/mol. The second-order valence-corrected chi connectivity index (χ2v) is 5.52. The van der Waals surface area contributed by atoms with Crippen LogP contribution in [-0.4, -0.2) is 35.3 Å². The Bertz CT molecular complexity index is 459. The minimum Gasteiger partial charge on any atom is -0.371 e. The van der Waals surface area contributed by atoms with Crippen molar-refractivity contribution in [3.63, 3.8) is 0 Å². The van der Waals surface area contributed by atoms with Gasteiger partial charge in [-0.25, -0.2) is 4.99 Å². The molecule has 1 aromatic rings. The summed E-state index contributed by atoms with van der Waals surface area (Å²) in [4.78, 5) is 8.79. The lowest BCUT2D eigenvalue weighted by molar-refractivity contribution is 0.0683. The fourth-order valence-electron chi connectivity index (χ4n) is 1.67. The number of aliphatic imine (C=N–C) groups is 1. The summed E-state index contributed by atoms with van der Waals surface area (Å²) in [6, 6.07) is 0.328. The number of aromatic nitrogens is 2. The molecule has 126 valence electrons. The molecule has 0 amide bonds. The molecule has 0 aromatic carbocycles. The summed E-state index contributed by atoms with van der Waals surface area (Å²) in [6.45, 7) is 14.1. The molecular formula is C15H29N5O2. The molecule has 7 nitrogen and oxygen atoms in total. The van der Waals surface area contributed by atoms with E-state index in [0.29, 0.717) is 36.8 Å². The van der Waals surface area contributed by atoms with E-state index in [9.17, 15) is 0 Å². The Balaban J connectivity index is 2.66. The fourth-order valence-corrected chi connectivity index (χ4v) is 1.67. The molecule has 0 saturated heterocycles.